The summed E-state index contributed by atoms with van der Waals surface area (Å²) >= 11 is 0. The number of aliphatic hydroxyl groups is 1. The number of H-pyrrole nitrogens is 1. The van der Waals surface area contributed by atoms with Gasteiger partial charge in [0.15, 0.2) is 5.82 Å². The molecule has 5 nitrogen and oxygen atoms in total. The number of halogens is 4. The Morgan fingerprint density at radius 2 is 1.68 bits per heavy atom. The molecule has 1 fully saturated rings. The van der Waals surface area contributed by atoms with Gasteiger partial charge in [0.25, 0.3) is 0 Å². The van der Waals surface area contributed by atoms with Crippen LogP contribution in [0.4, 0.5) is 19.0 Å². The maximum Gasteiger partial charge on any atom is 0.416 e. The molecule has 1 aliphatic heterocycles. The summed E-state index contributed by atoms with van der Waals surface area (Å²) in [6.07, 6.45) is -3.85. The van der Waals surface area contributed by atoms with Crippen LogP contribution in [0, 0.1) is 6.92 Å². The molecular weight excluding hydrogens is 465 g/mol. The summed E-state index contributed by atoms with van der Waals surface area (Å²) in [6, 6.07) is 16.9. The number of alkyl halides is 3. The maximum absolute atomic E-state index is 13.1. The molecular formula is C25H24ClF3N4O. The normalized spacial score (nSPS) is 15.9. The van der Waals surface area contributed by atoms with Gasteiger partial charge in [0.1, 0.15) is 11.3 Å². The largest absolute Gasteiger partial charge is 0.416 e. The van der Waals surface area contributed by atoms with Crippen molar-refractivity contribution >= 4 is 29.3 Å². The first kappa shape index (κ1) is 24.0. The van der Waals surface area contributed by atoms with Crippen LogP contribution in [0.3, 0.4) is 0 Å². The molecule has 178 valence electrons. The minimum Gasteiger partial charge on any atom is -0.385 e. The van der Waals surface area contributed by atoms with Crippen molar-refractivity contribution in [3.63, 3.8) is 0 Å². The lowest BCUT2D eigenvalue weighted by Gasteiger charge is -2.39. The van der Waals surface area contributed by atoms with Crippen molar-refractivity contribution in [2.24, 2.45) is 0 Å². The van der Waals surface area contributed by atoms with Crippen molar-refractivity contribution in [1.29, 1.82) is 0 Å². The predicted molar refractivity (Wildman–Crippen MR) is 128 cm³/mol. The number of piperidine rings is 1. The van der Waals surface area contributed by atoms with Crippen LogP contribution in [0.5, 0.6) is 0 Å². The highest BCUT2D eigenvalue weighted by molar-refractivity contribution is 5.91. The van der Waals surface area contributed by atoms with Gasteiger partial charge in [-0.1, -0.05) is 42.5 Å². The molecule has 3 heterocycles. The number of hydrogen-bond acceptors (Lipinski definition) is 4. The van der Waals surface area contributed by atoms with Crippen LogP contribution in [-0.2, 0) is 11.8 Å². The maximum atomic E-state index is 13.1. The Morgan fingerprint density at radius 3 is 2.35 bits per heavy atom. The molecule has 34 heavy (non-hydrogen) atoms. The quantitative estimate of drug-likeness (QED) is 0.379. The fourth-order valence-electron chi connectivity index (χ4n) is 4.47. The molecule has 2 aromatic heterocycles. The smallest absolute Gasteiger partial charge is 0.385 e. The summed E-state index contributed by atoms with van der Waals surface area (Å²) in [6.45, 7) is 2.75. The summed E-state index contributed by atoms with van der Waals surface area (Å²) in [5.74, 6) is 1.38. The fraction of sp³-hybridized carbons (Fsp3) is 0.280. The van der Waals surface area contributed by atoms with E-state index < -0.39 is 17.3 Å². The van der Waals surface area contributed by atoms with E-state index in [1.807, 2.05) is 43.3 Å². The van der Waals surface area contributed by atoms with Crippen LogP contribution in [0.1, 0.15) is 29.8 Å². The number of nitrogens with one attached hydrogen (secondary N) is 1. The Bertz CT molecular complexity index is 1300. The summed E-state index contributed by atoms with van der Waals surface area (Å²) in [7, 11) is 0. The topological polar surface area (TPSA) is 65.0 Å². The number of aromatic nitrogens is 3. The number of benzene rings is 2. The Balaban J connectivity index is 0.00000274. The molecule has 0 aliphatic carbocycles. The second kappa shape index (κ2) is 8.92. The molecule has 1 aliphatic rings. The first-order valence-corrected chi connectivity index (χ1v) is 10.8. The van der Waals surface area contributed by atoms with Crippen molar-refractivity contribution in [2.75, 3.05) is 18.0 Å². The third-order valence-corrected chi connectivity index (χ3v) is 6.27. The Morgan fingerprint density at radius 1 is 0.971 bits per heavy atom. The molecule has 0 spiro atoms. The van der Waals surface area contributed by atoms with E-state index in [4.69, 9.17) is 0 Å². The van der Waals surface area contributed by atoms with Gasteiger partial charge in [0.05, 0.1) is 16.7 Å². The van der Waals surface area contributed by atoms with E-state index in [9.17, 15) is 18.3 Å². The zero-order chi connectivity index (χ0) is 23.2. The SMILES string of the molecule is Cc1nc(N2CCC(O)(c3cccc(C(F)(F)F)c3)CC2)c2[nH]c(-c3ccccc3)cc2n1.Cl. The second-order valence-corrected chi connectivity index (χ2v) is 8.50. The van der Waals surface area contributed by atoms with Crippen molar-refractivity contribution in [2.45, 2.75) is 31.5 Å². The van der Waals surface area contributed by atoms with Gasteiger partial charge in [-0.15, -0.1) is 12.4 Å². The Kier molecular flexibility index (Phi) is 6.31. The molecule has 5 rings (SSSR count). The molecule has 0 bridgehead atoms. The summed E-state index contributed by atoms with van der Waals surface area (Å²) < 4.78 is 39.4. The number of anilines is 1. The molecule has 0 saturated carbocycles. The zero-order valence-electron chi connectivity index (χ0n) is 18.4. The van der Waals surface area contributed by atoms with Gasteiger partial charge in [-0.25, -0.2) is 9.97 Å². The number of aryl methyl sites for hydroxylation is 1. The lowest BCUT2D eigenvalue weighted by Crippen LogP contribution is -2.43. The van der Waals surface area contributed by atoms with E-state index in [1.54, 1.807) is 6.07 Å². The lowest BCUT2D eigenvalue weighted by atomic mass is 9.83. The van der Waals surface area contributed by atoms with Gasteiger partial charge < -0.3 is 15.0 Å². The molecule has 4 aromatic rings. The van der Waals surface area contributed by atoms with Gasteiger partial charge in [-0.2, -0.15) is 13.2 Å². The molecule has 9 heteroatoms. The monoisotopic (exact) mass is 488 g/mol. The lowest BCUT2D eigenvalue weighted by molar-refractivity contribution is -0.137. The molecule has 0 atom stereocenters. The number of rotatable bonds is 3. The van der Waals surface area contributed by atoms with Crippen LogP contribution in [0.25, 0.3) is 22.3 Å². The van der Waals surface area contributed by atoms with Gasteiger partial charge in [0, 0.05) is 18.8 Å². The van der Waals surface area contributed by atoms with Gasteiger partial charge in [-0.3, -0.25) is 0 Å². The van der Waals surface area contributed by atoms with E-state index in [0.717, 1.165) is 40.2 Å². The van der Waals surface area contributed by atoms with E-state index >= 15 is 0 Å². The standard InChI is InChI=1S/C25H23F3N4O.ClH/c1-16-29-21-15-20(17-6-3-2-4-7-17)31-22(21)23(30-16)32-12-10-24(33,11-13-32)18-8-5-9-19(14-18)25(26,27)28;/h2-9,14-15,31,33H,10-13H2,1H3;1H. The highest BCUT2D eigenvalue weighted by atomic mass is 35.5. The van der Waals surface area contributed by atoms with E-state index in [0.29, 0.717) is 37.3 Å². The first-order chi connectivity index (χ1) is 15.7. The van der Waals surface area contributed by atoms with Crippen molar-refractivity contribution in [3.05, 3.63) is 77.6 Å². The van der Waals surface area contributed by atoms with Crippen LogP contribution >= 0.6 is 12.4 Å². The van der Waals surface area contributed by atoms with Crippen molar-refractivity contribution in [3.8, 4) is 11.3 Å². The minimum absolute atomic E-state index is 0. The minimum atomic E-state index is -4.44. The summed E-state index contributed by atoms with van der Waals surface area (Å²) in [5.41, 5.74) is 1.82. The van der Waals surface area contributed by atoms with Crippen molar-refractivity contribution in [1.82, 2.24) is 15.0 Å². The fourth-order valence-corrected chi connectivity index (χ4v) is 4.47. The van der Waals surface area contributed by atoms with Gasteiger partial charge in [0.2, 0.25) is 0 Å². The number of hydrogen-bond donors (Lipinski definition) is 2. The average Bonchev–Trinajstić information content (AvgIpc) is 3.23. The Hall–Kier alpha value is -3.10. The predicted octanol–water partition coefficient (Wildman–Crippen LogP) is 5.86. The number of fused-ring (bicyclic) bond motifs is 1. The molecule has 0 unspecified atom stereocenters. The van der Waals surface area contributed by atoms with Crippen LogP contribution in [0.2, 0.25) is 0 Å². The average molecular weight is 489 g/mol. The first-order valence-electron chi connectivity index (χ1n) is 10.8. The molecule has 0 amide bonds. The number of aromatic amines is 1. The second-order valence-electron chi connectivity index (χ2n) is 8.50. The summed E-state index contributed by atoms with van der Waals surface area (Å²) in [4.78, 5) is 14.7. The van der Waals surface area contributed by atoms with Gasteiger partial charge >= 0.3 is 6.18 Å². The van der Waals surface area contributed by atoms with Gasteiger partial charge in [-0.05, 0) is 49.1 Å². The van der Waals surface area contributed by atoms with Crippen LogP contribution < -0.4 is 4.90 Å². The van der Waals surface area contributed by atoms with E-state index in [1.165, 1.54) is 6.07 Å². The molecule has 2 aromatic carbocycles. The molecule has 0 radical (unpaired) electrons. The summed E-state index contributed by atoms with van der Waals surface area (Å²) in [5, 5.41) is 11.2. The van der Waals surface area contributed by atoms with Crippen LogP contribution in [-0.4, -0.2) is 33.1 Å². The van der Waals surface area contributed by atoms with E-state index in [-0.39, 0.29) is 12.4 Å². The molecule has 2 N–H and O–H groups in total. The highest BCUT2D eigenvalue weighted by Crippen LogP contribution is 2.38. The van der Waals surface area contributed by atoms with E-state index in [2.05, 4.69) is 19.9 Å². The zero-order valence-corrected chi connectivity index (χ0v) is 19.2. The van der Waals surface area contributed by atoms with Crippen molar-refractivity contribution < 1.29 is 18.3 Å². The molecule has 1 saturated heterocycles. The third-order valence-electron chi connectivity index (χ3n) is 6.27. The number of nitrogens with zero attached hydrogens (tertiary/aromatic N) is 3. The van der Waals surface area contributed by atoms with Crippen LogP contribution in [0.15, 0.2) is 60.7 Å². The Labute approximate surface area is 201 Å². The third kappa shape index (κ3) is 4.48. The highest BCUT2D eigenvalue weighted by Gasteiger charge is 2.37.